The molecule has 1 spiro atoms. The quantitative estimate of drug-likeness (QED) is 0.165. The summed E-state index contributed by atoms with van der Waals surface area (Å²) in [5, 5.41) is 0. The molecule has 0 N–H and O–H groups in total. The van der Waals surface area contributed by atoms with E-state index < -0.39 is 5.41 Å². The summed E-state index contributed by atoms with van der Waals surface area (Å²) in [4.78, 5) is 2.48. The van der Waals surface area contributed by atoms with Crippen LogP contribution in [0.4, 0.5) is 17.1 Å². The van der Waals surface area contributed by atoms with E-state index in [1.54, 1.807) is 0 Å². The molecule has 2 radical (unpaired) electrons. The number of anilines is 3. The molecule has 55 heavy (non-hydrogen) atoms. The zero-order valence-corrected chi connectivity index (χ0v) is 31.3. The minimum absolute atomic E-state index is 0.126. The van der Waals surface area contributed by atoms with E-state index in [2.05, 4.69) is 196 Å². The van der Waals surface area contributed by atoms with Gasteiger partial charge in [-0.25, -0.2) is 0 Å². The second-order valence-corrected chi connectivity index (χ2v) is 16.0. The molecule has 0 saturated carbocycles. The predicted molar refractivity (Wildman–Crippen MR) is 231 cm³/mol. The predicted octanol–water partition coefficient (Wildman–Crippen LogP) is 12.6. The molecule has 1 atom stereocenters. The van der Waals surface area contributed by atoms with Crippen LogP contribution in [0.1, 0.15) is 52.8 Å². The van der Waals surface area contributed by atoms with Crippen molar-refractivity contribution in [3.63, 3.8) is 0 Å². The fourth-order valence-electron chi connectivity index (χ4n) is 10.2. The van der Waals surface area contributed by atoms with Crippen LogP contribution in [0.3, 0.4) is 0 Å². The van der Waals surface area contributed by atoms with Crippen LogP contribution in [0.15, 0.2) is 176 Å². The van der Waals surface area contributed by atoms with E-state index in [0.29, 0.717) is 0 Å². The fraction of sp³-hybridized carbons (Fsp3) is 0.0943. The summed E-state index contributed by atoms with van der Waals surface area (Å²) in [6.07, 6.45) is 0. The van der Waals surface area contributed by atoms with Gasteiger partial charge in [0.15, 0.2) is 0 Å². The van der Waals surface area contributed by atoms with Gasteiger partial charge in [0.1, 0.15) is 7.85 Å². The van der Waals surface area contributed by atoms with Crippen molar-refractivity contribution >= 4 is 30.4 Å². The van der Waals surface area contributed by atoms with Crippen LogP contribution in [0.5, 0.6) is 0 Å². The van der Waals surface area contributed by atoms with Crippen LogP contribution in [0.25, 0.3) is 44.5 Å². The van der Waals surface area contributed by atoms with Crippen LogP contribution in [0, 0.1) is 6.92 Å². The normalized spacial score (nSPS) is 16.2. The average molecular weight is 700 g/mol. The molecule has 8 aromatic rings. The van der Waals surface area contributed by atoms with Crippen molar-refractivity contribution in [3.05, 3.63) is 215 Å². The number of benzene rings is 8. The van der Waals surface area contributed by atoms with E-state index in [-0.39, 0.29) is 5.41 Å². The van der Waals surface area contributed by atoms with E-state index >= 15 is 0 Å². The summed E-state index contributed by atoms with van der Waals surface area (Å²) < 4.78 is 0. The highest BCUT2D eigenvalue weighted by molar-refractivity contribution is 6.32. The lowest BCUT2D eigenvalue weighted by atomic mass is 9.69. The lowest BCUT2D eigenvalue weighted by molar-refractivity contribution is 0.660. The third kappa shape index (κ3) is 4.37. The maximum absolute atomic E-state index is 6.62. The zero-order valence-electron chi connectivity index (χ0n) is 31.3. The number of hydrogen-bond acceptors (Lipinski definition) is 1. The van der Waals surface area contributed by atoms with Gasteiger partial charge in [0.2, 0.25) is 0 Å². The van der Waals surface area contributed by atoms with Gasteiger partial charge < -0.3 is 4.90 Å². The molecule has 2 heteroatoms. The summed E-state index contributed by atoms with van der Waals surface area (Å²) in [6, 6.07) is 65.2. The summed E-state index contributed by atoms with van der Waals surface area (Å²) in [7, 11) is 6.62. The van der Waals surface area contributed by atoms with Crippen LogP contribution in [-0.4, -0.2) is 7.85 Å². The summed E-state index contributed by atoms with van der Waals surface area (Å²) in [5.41, 5.74) is 22.9. The first-order valence-corrected chi connectivity index (χ1v) is 19.3. The molecule has 1 unspecified atom stereocenters. The number of fused-ring (bicyclic) bond motifs is 13. The highest BCUT2D eigenvalue weighted by Crippen LogP contribution is 2.63. The van der Waals surface area contributed by atoms with Gasteiger partial charge in [-0.15, -0.1) is 0 Å². The molecule has 11 rings (SSSR count). The lowest BCUT2D eigenvalue weighted by Gasteiger charge is -2.32. The van der Waals surface area contributed by atoms with Gasteiger partial charge in [-0.1, -0.05) is 170 Å². The Morgan fingerprint density at radius 2 is 0.945 bits per heavy atom. The van der Waals surface area contributed by atoms with E-state index in [9.17, 15) is 0 Å². The Labute approximate surface area is 325 Å². The minimum Gasteiger partial charge on any atom is -0.310 e. The molecular formula is C53H38BN. The minimum atomic E-state index is -0.466. The Hall–Kier alpha value is -6.38. The molecule has 3 aliphatic carbocycles. The van der Waals surface area contributed by atoms with Crippen LogP contribution < -0.4 is 10.4 Å². The van der Waals surface area contributed by atoms with Crippen LogP contribution in [0.2, 0.25) is 0 Å². The molecule has 0 bridgehead atoms. The number of nitrogens with zero attached hydrogens (tertiary/aromatic N) is 1. The second-order valence-electron chi connectivity index (χ2n) is 16.0. The smallest absolute Gasteiger partial charge is 0.113 e. The van der Waals surface area contributed by atoms with Crippen molar-refractivity contribution < 1.29 is 0 Å². The van der Waals surface area contributed by atoms with Gasteiger partial charge in [0.05, 0.1) is 11.1 Å². The van der Waals surface area contributed by atoms with Crippen molar-refractivity contribution in [2.75, 3.05) is 4.90 Å². The summed E-state index contributed by atoms with van der Waals surface area (Å²) >= 11 is 0. The van der Waals surface area contributed by atoms with Crippen LogP contribution in [-0.2, 0) is 10.8 Å². The second kappa shape index (κ2) is 11.6. The van der Waals surface area contributed by atoms with Crippen molar-refractivity contribution in [1.82, 2.24) is 0 Å². The van der Waals surface area contributed by atoms with Crippen molar-refractivity contribution in [2.45, 2.75) is 31.6 Å². The van der Waals surface area contributed by atoms with Gasteiger partial charge >= 0.3 is 0 Å². The molecule has 0 heterocycles. The molecule has 258 valence electrons. The SMILES string of the molecule is [B]c1ccc2c(c1)C1(c3ccccc3-c3cc(N(c4ccc5c(c4)C(C)(C)c4ccccc4-5)c4ccccc4-c4ccccc4)ccc31)c1cc(C)ccc1-2. The molecule has 3 aliphatic rings. The molecule has 0 fully saturated rings. The Morgan fingerprint density at radius 1 is 0.400 bits per heavy atom. The van der Waals surface area contributed by atoms with E-state index in [1.807, 2.05) is 6.07 Å². The van der Waals surface area contributed by atoms with Gasteiger partial charge in [-0.3, -0.25) is 0 Å². The van der Waals surface area contributed by atoms with E-state index in [0.717, 1.165) is 22.5 Å². The molecule has 1 nitrogen and oxygen atoms in total. The topological polar surface area (TPSA) is 3.24 Å². The van der Waals surface area contributed by atoms with E-state index in [4.69, 9.17) is 7.85 Å². The Balaban J connectivity index is 1.18. The monoisotopic (exact) mass is 699 g/mol. The van der Waals surface area contributed by atoms with Gasteiger partial charge in [-0.2, -0.15) is 0 Å². The van der Waals surface area contributed by atoms with Gasteiger partial charge in [0.25, 0.3) is 0 Å². The van der Waals surface area contributed by atoms with Crippen molar-refractivity contribution in [3.8, 4) is 44.5 Å². The first kappa shape index (κ1) is 32.1. The average Bonchev–Trinajstić information content (AvgIpc) is 3.76. The van der Waals surface area contributed by atoms with Gasteiger partial charge in [0, 0.05) is 22.4 Å². The highest BCUT2D eigenvalue weighted by atomic mass is 15.1. The fourth-order valence-corrected chi connectivity index (χ4v) is 10.2. The maximum atomic E-state index is 6.62. The Kier molecular flexibility index (Phi) is 6.75. The third-order valence-electron chi connectivity index (χ3n) is 12.7. The largest absolute Gasteiger partial charge is 0.310 e. The van der Waals surface area contributed by atoms with Crippen molar-refractivity contribution in [2.24, 2.45) is 0 Å². The molecular weight excluding hydrogens is 661 g/mol. The number of aryl methyl sites for hydroxylation is 1. The number of hydrogen-bond donors (Lipinski definition) is 0. The maximum Gasteiger partial charge on any atom is 0.113 e. The first-order chi connectivity index (χ1) is 26.9. The molecule has 8 aromatic carbocycles. The molecule has 0 saturated heterocycles. The lowest BCUT2D eigenvalue weighted by Crippen LogP contribution is -2.27. The zero-order chi connectivity index (χ0) is 37.1. The van der Waals surface area contributed by atoms with Crippen molar-refractivity contribution in [1.29, 1.82) is 0 Å². The third-order valence-corrected chi connectivity index (χ3v) is 12.7. The van der Waals surface area contributed by atoms with Gasteiger partial charge in [-0.05, 0) is 110 Å². The molecule has 0 aliphatic heterocycles. The Bertz CT molecular complexity index is 2830. The summed E-state index contributed by atoms with van der Waals surface area (Å²) in [6.45, 7) is 6.93. The van der Waals surface area contributed by atoms with Crippen LogP contribution >= 0.6 is 0 Å². The number of para-hydroxylation sites is 1. The first-order valence-electron chi connectivity index (χ1n) is 19.3. The molecule has 0 amide bonds. The Morgan fingerprint density at radius 3 is 1.75 bits per heavy atom. The highest BCUT2D eigenvalue weighted by Gasteiger charge is 2.52. The summed E-state index contributed by atoms with van der Waals surface area (Å²) in [5.74, 6) is 0. The van der Waals surface area contributed by atoms with E-state index in [1.165, 1.54) is 83.5 Å². The number of rotatable bonds is 4. The molecule has 0 aromatic heterocycles. The standard InChI is InChI=1S/C53H38BN/c1-33-21-25-42-43-26-22-35(54)30-50(43)53(49(42)29-33)46-19-11-8-17-40(46)44-31-36(24-28-47(44)53)55(51-20-12-9-15-38(51)34-13-5-4-6-14-34)37-23-27-41-39-16-7-10-18-45(39)52(2,3)48(41)32-37/h4-32H,1-3H3.